The zero-order valence-electron chi connectivity index (χ0n) is 16.0. The maximum Gasteiger partial charge on any atom is 0.411 e. The highest BCUT2D eigenvalue weighted by Gasteiger charge is 2.27. The molecule has 0 amide bonds. The number of aryl methyl sites for hydroxylation is 1. The van der Waals surface area contributed by atoms with Crippen LogP contribution < -0.4 is 10.6 Å². The maximum atomic E-state index is 12.1. The molecule has 0 radical (unpaired) electrons. The van der Waals surface area contributed by atoms with E-state index in [1.807, 2.05) is 24.4 Å². The number of guanidine groups is 1. The second-order valence-electron chi connectivity index (χ2n) is 6.06. The molecule has 154 valence electrons. The number of aliphatic imine (C=N–C) groups is 1. The monoisotopic (exact) mass is 414 g/mol. The van der Waals surface area contributed by atoms with E-state index < -0.39 is 12.8 Å². The van der Waals surface area contributed by atoms with Crippen molar-refractivity contribution in [3.8, 4) is 0 Å². The SMILES string of the molecule is CCNC(=NCc1ccc(COCC(F)(F)F)cc1)NCc1csc(CC)n1. The Morgan fingerprint density at radius 1 is 1.14 bits per heavy atom. The van der Waals surface area contributed by atoms with Crippen LogP contribution in [0.2, 0.25) is 0 Å². The minimum atomic E-state index is -4.30. The van der Waals surface area contributed by atoms with Crippen molar-refractivity contribution in [2.24, 2.45) is 4.99 Å². The molecular weight excluding hydrogens is 389 g/mol. The number of rotatable bonds is 9. The molecule has 0 aliphatic rings. The van der Waals surface area contributed by atoms with Gasteiger partial charge in [-0.15, -0.1) is 11.3 Å². The summed E-state index contributed by atoms with van der Waals surface area (Å²) < 4.78 is 41.0. The average molecular weight is 414 g/mol. The minimum Gasteiger partial charge on any atom is -0.367 e. The van der Waals surface area contributed by atoms with Crippen molar-refractivity contribution in [2.75, 3.05) is 13.2 Å². The molecule has 0 spiro atoms. The molecule has 1 heterocycles. The molecule has 0 aliphatic heterocycles. The van der Waals surface area contributed by atoms with Crippen LogP contribution in [-0.2, 0) is 30.9 Å². The zero-order chi connectivity index (χ0) is 20.4. The van der Waals surface area contributed by atoms with Gasteiger partial charge >= 0.3 is 6.18 Å². The first-order valence-corrected chi connectivity index (χ1v) is 9.95. The molecule has 0 aliphatic carbocycles. The van der Waals surface area contributed by atoms with Crippen LogP contribution in [0.5, 0.6) is 0 Å². The van der Waals surface area contributed by atoms with Crippen LogP contribution in [-0.4, -0.2) is 30.3 Å². The third kappa shape index (κ3) is 8.26. The molecule has 28 heavy (non-hydrogen) atoms. The van der Waals surface area contributed by atoms with E-state index in [9.17, 15) is 13.2 Å². The summed E-state index contributed by atoms with van der Waals surface area (Å²) in [5.74, 6) is 0.686. The van der Waals surface area contributed by atoms with Crippen LogP contribution in [0.3, 0.4) is 0 Å². The largest absolute Gasteiger partial charge is 0.411 e. The number of thiazole rings is 1. The van der Waals surface area contributed by atoms with E-state index in [-0.39, 0.29) is 6.61 Å². The topological polar surface area (TPSA) is 58.5 Å². The van der Waals surface area contributed by atoms with Crippen molar-refractivity contribution in [1.82, 2.24) is 15.6 Å². The first-order valence-electron chi connectivity index (χ1n) is 9.07. The molecule has 0 fully saturated rings. The third-order valence-corrected chi connectivity index (χ3v) is 4.70. The van der Waals surface area contributed by atoms with Crippen LogP contribution in [0, 0.1) is 0 Å². The summed E-state index contributed by atoms with van der Waals surface area (Å²) in [5.41, 5.74) is 2.63. The summed E-state index contributed by atoms with van der Waals surface area (Å²) >= 11 is 1.65. The summed E-state index contributed by atoms with van der Waals surface area (Å²) in [7, 11) is 0. The van der Waals surface area contributed by atoms with Crippen molar-refractivity contribution in [3.05, 3.63) is 51.5 Å². The number of halogens is 3. The van der Waals surface area contributed by atoms with Crippen molar-refractivity contribution >= 4 is 17.3 Å². The molecule has 1 aromatic heterocycles. The van der Waals surface area contributed by atoms with E-state index >= 15 is 0 Å². The fraction of sp³-hybridized carbons (Fsp3) is 0.474. The van der Waals surface area contributed by atoms with E-state index in [1.165, 1.54) is 0 Å². The lowest BCUT2D eigenvalue weighted by molar-refractivity contribution is -0.176. The van der Waals surface area contributed by atoms with Gasteiger partial charge in [-0.3, -0.25) is 0 Å². The van der Waals surface area contributed by atoms with Crippen LogP contribution in [0.4, 0.5) is 13.2 Å². The Balaban J connectivity index is 1.85. The second-order valence-corrected chi connectivity index (χ2v) is 7.00. The first kappa shape index (κ1) is 22.2. The standard InChI is InChI=1S/C19H25F3N4OS/c1-3-17-26-16(12-28-17)10-25-18(23-4-2)24-9-14-5-7-15(8-6-14)11-27-13-19(20,21)22/h5-8,12H,3-4,9-11,13H2,1-2H3,(H2,23,24,25). The number of alkyl halides is 3. The van der Waals surface area contributed by atoms with E-state index in [0.29, 0.717) is 24.6 Å². The van der Waals surface area contributed by atoms with Crippen LogP contribution in [0.15, 0.2) is 34.6 Å². The Kier molecular flexibility index (Phi) is 8.72. The van der Waals surface area contributed by atoms with Gasteiger partial charge in [-0.05, 0) is 24.5 Å². The molecule has 1 aromatic carbocycles. The predicted molar refractivity (Wildman–Crippen MR) is 105 cm³/mol. The Hall–Kier alpha value is -2.13. The summed E-state index contributed by atoms with van der Waals surface area (Å²) in [4.78, 5) is 9.06. The average Bonchev–Trinajstić information content (AvgIpc) is 3.12. The maximum absolute atomic E-state index is 12.1. The van der Waals surface area contributed by atoms with Gasteiger partial charge in [0.2, 0.25) is 0 Å². The number of nitrogens with zero attached hydrogens (tertiary/aromatic N) is 2. The lowest BCUT2D eigenvalue weighted by Gasteiger charge is -2.10. The molecular formula is C19H25F3N4OS. The summed E-state index contributed by atoms with van der Waals surface area (Å²) in [6.45, 7) is 4.54. The van der Waals surface area contributed by atoms with Gasteiger partial charge in [-0.25, -0.2) is 9.98 Å². The van der Waals surface area contributed by atoms with Crippen molar-refractivity contribution in [1.29, 1.82) is 0 Å². The minimum absolute atomic E-state index is 0.0688. The molecule has 0 unspecified atom stereocenters. The Bertz CT molecular complexity index is 744. The zero-order valence-corrected chi connectivity index (χ0v) is 16.8. The van der Waals surface area contributed by atoms with E-state index in [1.54, 1.807) is 23.5 Å². The van der Waals surface area contributed by atoms with E-state index in [2.05, 4.69) is 32.3 Å². The van der Waals surface area contributed by atoms with Crippen LogP contribution >= 0.6 is 11.3 Å². The quantitative estimate of drug-likeness (QED) is 0.480. The van der Waals surface area contributed by atoms with Gasteiger partial charge in [-0.1, -0.05) is 31.2 Å². The highest BCUT2D eigenvalue weighted by atomic mass is 32.1. The molecule has 5 nitrogen and oxygen atoms in total. The fourth-order valence-corrected chi connectivity index (χ4v) is 3.05. The smallest absolute Gasteiger partial charge is 0.367 e. The van der Waals surface area contributed by atoms with Gasteiger partial charge in [0.25, 0.3) is 0 Å². The Labute approximate surface area is 167 Å². The summed E-state index contributed by atoms with van der Waals surface area (Å²) in [6, 6.07) is 7.19. The van der Waals surface area contributed by atoms with Gasteiger partial charge in [0, 0.05) is 11.9 Å². The molecule has 0 atom stereocenters. The van der Waals surface area contributed by atoms with Crippen LogP contribution in [0.1, 0.15) is 35.7 Å². The number of ether oxygens (including phenoxy) is 1. The van der Waals surface area contributed by atoms with Gasteiger partial charge in [0.15, 0.2) is 5.96 Å². The molecule has 2 rings (SSSR count). The van der Waals surface area contributed by atoms with Gasteiger partial charge in [-0.2, -0.15) is 13.2 Å². The number of hydrogen-bond donors (Lipinski definition) is 2. The number of benzene rings is 1. The Morgan fingerprint density at radius 3 is 2.46 bits per heavy atom. The van der Waals surface area contributed by atoms with Gasteiger partial charge in [0.05, 0.1) is 30.4 Å². The lowest BCUT2D eigenvalue weighted by Crippen LogP contribution is -2.36. The van der Waals surface area contributed by atoms with Crippen molar-refractivity contribution in [3.63, 3.8) is 0 Å². The van der Waals surface area contributed by atoms with Gasteiger partial charge in [0.1, 0.15) is 6.61 Å². The van der Waals surface area contributed by atoms with E-state index in [0.717, 1.165) is 29.2 Å². The molecule has 0 saturated heterocycles. The highest BCUT2D eigenvalue weighted by molar-refractivity contribution is 7.09. The van der Waals surface area contributed by atoms with E-state index in [4.69, 9.17) is 0 Å². The summed E-state index contributed by atoms with van der Waals surface area (Å²) in [5, 5.41) is 9.59. The highest BCUT2D eigenvalue weighted by Crippen LogP contribution is 2.16. The first-order chi connectivity index (χ1) is 13.4. The Morgan fingerprint density at radius 2 is 1.86 bits per heavy atom. The van der Waals surface area contributed by atoms with Crippen molar-refractivity contribution < 1.29 is 17.9 Å². The fourth-order valence-electron chi connectivity index (χ4n) is 2.30. The molecule has 9 heteroatoms. The number of aromatic nitrogens is 1. The number of hydrogen-bond acceptors (Lipinski definition) is 4. The second kappa shape index (κ2) is 11.0. The van der Waals surface area contributed by atoms with Crippen LogP contribution in [0.25, 0.3) is 0 Å². The molecule has 0 saturated carbocycles. The molecule has 2 N–H and O–H groups in total. The van der Waals surface area contributed by atoms with Crippen molar-refractivity contribution in [2.45, 2.75) is 46.1 Å². The van der Waals surface area contributed by atoms with Gasteiger partial charge < -0.3 is 15.4 Å². The predicted octanol–water partition coefficient (Wildman–Crippen LogP) is 4.04. The molecule has 2 aromatic rings. The summed E-state index contributed by atoms with van der Waals surface area (Å²) in [6.07, 6.45) is -3.38. The third-order valence-electron chi connectivity index (χ3n) is 3.66. The molecule has 0 bridgehead atoms. The number of nitrogens with one attached hydrogen (secondary N) is 2. The lowest BCUT2D eigenvalue weighted by atomic mass is 10.1. The normalized spacial score (nSPS) is 12.2.